The number of aliphatic hydroxyl groups is 1. The van der Waals surface area contributed by atoms with E-state index in [0.717, 1.165) is 49.7 Å². The first kappa shape index (κ1) is 49.5. The zero-order valence-corrected chi connectivity index (χ0v) is 42.1. The van der Waals surface area contributed by atoms with Crippen molar-refractivity contribution < 1.29 is 38.5 Å². The van der Waals surface area contributed by atoms with Crippen LogP contribution < -0.4 is 0 Å². The van der Waals surface area contributed by atoms with Gasteiger partial charge in [-0.2, -0.15) is 0 Å². The molecule has 4 saturated carbocycles. The number of Topliss-reactive ketones (excluding diaryl/α,β-unsaturated/α-hetero) is 1. The van der Waals surface area contributed by atoms with Gasteiger partial charge in [-0.25, -0.2) is 4.79 Å². The number of nitrogens with zero attached hydrogens (tertiary/aromatic N) is 1. The SMILES string of the molecule is CC1C[C@H](OC(=O)CC(C)(C)C(=O)OC(C)(C)C)C(C)(C)[C@@H]2CC[C@]3(C)[C@H](CC[C@@H]4C5=C(C(C)(C)C)C(=O)C[C@]5([C@H](O)CN(Cc5ccc(Cl)cc5)C(=O)OC(C)(C)C)CC[C@H]43)[C@@H]12. The largest absolute Gasteiger partial charge is 0.462 e. The minimum atomic E-state index is -1.00. The number of esters is 2. The summed E-state index contributed by atoms with van der Waals surface area (Å²) in [4.78, 5) is 56.6. The van der Waals surface area contributed by atoms with E-state index >= 15 is 0 Å². The summed E-state index contributed by atoms with van der Waals surface area (Å²) in [6.45, 7) is 30.7. The predicted octanol–water partition coefficient (Wildman–Crippen LogP) is 11.9. The van der Waals surface area contributed by atoms with Crippen LogP contribution in [0.3, 0.4) is 0 Å². The maximum Gasteiger partial charge on any atom is 0.410 e. The van der Waals surface area contributed by atoms with Crippen LogP contribution in [-0.4, -0.2) is 63.8 Å². The van der Waals surface area contributed by atoms with E-state index < -0.39 is 45.6 Å². The molecule has 10 atom stereocenters. The molecule has 1 amide bonds. The number of carbonyl (C=O) groups excluding carboxylic acids is 4. The molecule has 6 rings (SSSR count). The number of ketones is 1. The molecule has 5 aliphatic carbocycles. The van der Waals surface area contributed by atoms with Crippen LogP contribution in [0.15, 0.2) is 35.4 Å². The molecule has 0 saturated heterocycles. The zero-order valence-electron chi connectivity index (χ0n) is 41.3. The van der Waals surface area contributed by atoms with Gasteiger partial charge in [0, 0.05) is 34.4 Å². The van der Waals surface area contributed by atoms with Crippen molar-refractivity contribution >= 4 is 35.4 Å². The second kappa shape index (κ2) is 17.1. The van der Waals surface area contributed by atoms with Gasteiger partial charge in [-0.15, -0.1) is 0 Å². The van der Waals surface area contributed by atoms with Crippen LogP contribution in [0.5, 0.6) is 0 Å². The number of halogens is 1. The van der Waals surface area contributed by atoms with Gasteiger partial charge >= 0.3 is 18.0 Å². The van der Waals surface area contributed by atoms with Crippen molar-refractivity contribution in [2.45, 2.75) is 192 Å². The second-order valence-corrected chi connectivity index (χ2v) is 25.5. The molecular weight excluding hydrogens is 814 g/mol. The van der Waals surface area contributed by atoms with Gasteiger partial charge in [-0.1, -0.05) is 77.8 Å². The van der Waals surface area contributed by atoms with E-state index in [1.165, 1.54) is 5.57 Å². The second-order valence-electron chi connectivity index (χ2n) is 25.0. The van der Waals surface area contributed by atoms with Gasteiger partial charge in [0.2, 0.25) is 0 Å². The molecule has 0 bridgehead atoms. The third kappa shape index (κ3) is 9.81. The van der Waals surface area contributed by atoms with E-state index in [9.17, 15) is 24.3 Å². The summed E-state index contributed by atoms with van der Waals surface area (Å²) in [7, 11) is 0. The highest BCUT2D eigenvalue weighted by atomic mass is 35.5. The van der Waals surface area contributed by atoms with Gasteiger partial charge in [-0.05, 0) is 164 Å². The van der Waals surface area contributed by atoms with E-state index in [4.69, 9.17) is 25.8 Å². The van der Waals surface area contributed by atoms with Crippen LogP contribution in [-0.2, 0) is 35.1 Å². The molecule has 0 heterocycles. The molecule has 0 spiro atoms. The van der Waals surface area contributed by atoms with E-state index in [2.05, 4.69) is 48.5 Å². The zero-order chi connectivity index (χ0) is 47.0. The summed E-state index contributed by atoms with van der Waals surface area (Å²) in [6.07, 6.45) is 4.96. The van der Waals surface area contributed by atoms with Gasteiger partial charge < -0.3 is 24.2 Å². The molecular formula is C53H80ClNO8. The topological polar surface area (TPSA) is 119 Å². The maximum absolute atomic E-state index is 14.5. The molecule has 4 fully saturated rings. The normalized spacial score (nSPS) is 32.4. The van der Waals surface area contributed by atoms with Crippen molar-refractivity contribution in [1.29, 1.82) is 0 Å². The van der Waals surface area contributed by atoms with Gasteiger partial charge in [0.15, 0.2) is 5.78 Å². The fraction of sp³-hybridized carbons (Fsp3) is 0.774. The summed E-state index contributed by atoms with van der Waals surface area (Å²) in [5, 5.41) is 13.3. The number of benzene rings is 1. The molecule has 9 nitrogen and oxygen atoms in total. The van der Waals surface area contributed by atoms with E-state index in [0.29, 0.717) is 41.0 Å². The first-order valence-electron chi connectivity index (χ1n) is 23.9. The standard InChI is InChI=1S/C53H80ClNO8/c1-31-26-40(61-41(58)28-50(11,12)45(59)62-48(5,6)7)51(13,14)36-22-24-52(15)35-23-25-53(27-38(56)44(47(2,3)4)43(53)34(35)20-21-37(52)42(31)36)39(57)30-55(46(60)63-49(8,9)10)29-32-16-18-33(54)19-17-32/h16-19,31,34-37,39-40,42,57H,20-30H2,1-15H3/t31?,34-,35+,36+,37+,39+,40-,42-,52-,53-/m0/s1. The van der Waals surface area contributed by atoms with Crippen molar-refractivity contribution in [3.05, 3.63) is 46.0 Å². The summed E-state index contributed by atoms with van der Waals surface area (Å²) < 4.78 is 17.9. The summed E-state index contributed by atoms with van der Waals surface area (Å²) in [6, 6.07) is 7.39. The van der Waals surface area contributed by atoms with Crippen LogP contribution in [0.1, 0.15) is 167 Å². The number of hydrogen-bond donors (Lipinski definition) is 1. The Hall–Kier alpha value is -2.91. The van der Waals surface area contributed by atoms with Crippen LogP contribution >= 0.6 is 11.6 Å². The average Bonchev–Trinajstić information content (AvgIpc) is 3.46. The van der Waals surface area contributed by atoms with Crippen LogP contribution in [0.2, 0.25) is 5.02 Å². The first-order valence-corrected chi connectivity index (χ1v) is 24.3. The molecule has 0 aliphatic heterocycles. The quantitative estimate of drug-likeness (QED) is 0.192. The van der Waals surface area contributed by atoms with Crippen LogP contribution in [0.25, 0.3) is 0 Å². The highest BCUT2D eigenvalue weighted by molar-refractivity contribution is 6.30. The number of rotatable bonds is 9. The molecule has 10 heteroatoms. The number of aliphatic hydroxyl groups excluding tert-OH is 1. The number of amides is 1. The Balaban J connectivity index is 1.26. The van der Waals surface area contributed by atoms with Gasteiger partial charge in [0.05, 0.1) is 24.5 Å². The highest BCUT2D eigenvalue weighted by Gasteiger charge is 2.66. The Morgan fingerprint density at radius 3 is 2.03 bits per heavy atom. The molecule has 352 valence electrons. The Labute approximate surface area is 384 Å². The van der Waals surface area contributed by atoms with Gasteiger partial charge in [0.1, 0.15) is 17.3 Å². The minimum Gasteiger partial charge on any atom is -0.462 e. The third-order valence-electron chi connectivity index (χ3n) is 16.3. The number of carbonyl (C=O) groups is 4. The predicted molar refractivity (Wildman–Crippen MR) is 248 cm³/mol. The number of hydrogen-bond acceptors (Lipinski definition) is 8. The smallest absolute Gasteiger partial charge is 0.410 e. The number of fused-ring (bicyclic) bond motifs is 7. The van der Waals surface area contributed by atoms with Crippen molar-refractivity contribution in [1.82, 2.24) is 4.90 Å². The van der Waals surface area contributed by atoms with Gasteiger partial charge in [-0.3, -0.25) is 14.4 Å². The maximum atomic E-state index is 14.5. The van der Waals surface area contributed by atoms with Crippen LogP contribution in [0, 0.1) is 62.6 Å². The van der Waals surface area contributed by atoms with Crippen molar-refractivity contribution in [3.8, 4) is 0 Å². The average molecular weight is 895 g/mol. The van der Waals surface area contributed by atoms with E-state index in [1.807, 2.05) is 53.7 Å². The molecule has 1 aromatic carbocycles. The molecule has 1 aromatic rings. The summed E-state index contributed by atoms with van der Waals surface area (Å²) >= 11 is 6.22. The Morgan fingerprint density at radius 1 is 0.841 bits per heavy atom. The lowest BCUT2D eigenvalue weighted by molar-refractivity contribution is -0.198. The Bertz CT molecular complexity index is 1950. The lowest BCUT2D eigenvalue weighted by Crippen LogP contribution is -2.61. The summed E-state index contributed by atoms with van der Waals surface area (Å²) in [5.74, 6) is 1.54. The van der Waals surface area contributed by atoms with Crippen molar-refractivity contribution in [2.24, 2.45) is 62.6 Å². The Kier molecular flexibility index (Phi) is 13.4. The molecule has 0 aromatic heterocycles. The number of ether oxygens (including phenoxy) is 3. The number of allylic oxidation sites excluding steroid dienone is 1. The minimum absolute atomic E-state index is 0.0330. The third-order valence-corrected chi connectivity index (χ3v) is 16.5. The fourth-order valence-electron chi connectivity index (χ4n) is 13.5. The molecule has 63 heavy (non-hydrogen) atoms. The summed E-state index contributed by atoms with van der Waals surface area (Å²) in [5.41, 5.74) is -0.835. The molecule has 1 N–H and O–H groups in total. The monoisotopic (exact) mass is 894 g/mol. The molecule has 5 aliphatic rings. The highest BCUT2D eigenvalue weighted by Crippen LogP contribution is 2.71. The van der Waals surface area contributed by atoms with Crippen LogP contribution in [0.4, 0.5) is 4.79 Å². The Morgan fingerprint density at radius 2 is 1.44 bits per heavy atom. The lowest BCUT2D eigenvalue weighted by Gasteiger charge is -2.66. The van der Waals surface area contributed by atoms with E-state index in [1.54, 1.807) is 30.9 Å². The lowest BCUT2D eigenvalue weighted by atomic mass is 9.39. The van der Waals surface area contributed by atoms with Gasteiger partial charge in [0.25, 0.3) is 0 Å². The van der Waals surface area contributed by atoms with Crippen molar-refractivity contribution in [2.75, 3.05) is 6.54 Å². The molecule has 1 unspecified atom stereocenters. The first-order chi connectivity index (χ1) is 28.8. The molecule has 0 radical (unpaired) electrons. The van der Waals surface area contributed by atoms with E-state index in [-0.39, 0.29) is 60.5 Å². The van der Waals surface area contributed by atoms with Crippen molar-refractivity contribution in [3.63, 3.8) is 0 Å². The fourth-order valence-corrected chi connectivity index (χ4v) is 13.6.